The minimum atomic E-state index is 0.587. The maximum absolute atomic E-state index is 6.75. The fourth-order valence-electron chi connectivity index (χ4n) is 3.04. The summed E-state index contributed by atoms with van der Waals surface area (Å²) in [5.41, 5.74) is 5.64. The topological polar surface area (TPSA) is 35.6 Å². The molecule has 0 saturated heterocycles. The van der Waals surface area contributed by atoms with Crippen molar-refractivity contribution in [2.45, 2.75) is 6.92 Å². The summed E-state index contributed by atoms with van der Waals surface area (Å²) in [6.07, 6.45) is 1.81. The average molecular weight is 349 g/mol. The van der Waals surface area contributed by atoms with Gasteiger partial charge in [-0.25, -0.2) is 9.67 Å². The van der Waals surface area contributed by atoms with Gasteiger partial charge in [0.2, 0.25) is 0 Å². The van der Waals surface area contributed by atoms with E-state index in [1.54, 1.807) is 4.68 Å². The van der Waals surface area contributed by atoms with Gasteiger partial charge in [-0.05, 0) is 19.1 Å². The molecule has 0 radical (unpaired) electrons. The molecule has 0 bridgehead atoms. The molecule has 0 fully saturated rings. The molecule has 0 saturated carbocycles. The Bertz CT molecular complexity index is 1020. The van der Waals surface area contributed by atoms with E-state index >= 15 is 0 Å². The van der Waals surface area contributed by atoms with E-state index in [1.807, 2.05) is 73.4 Å². The van der Waals surface area contributed by atoms with Crippen molar-refractivity contribution in [1.82, 2.24) is 19.3 Å². The Morgan fingerprint density at radius 1 is 0.920 bits per heavy atom. The molecule has 2 aromatic heterocycles. The van der Waals surface area contributed by atoms with E-state index in [0.717, 1.165) is 33.9 Å². The molecular weight excluding hydrogens is 332 g/mol. The molecule has 5 heteroatoms. The monoisotopic (exact) mass is 348 g/mol. The smallest absolute Gasteiger partial charge is 0.142 e. The van der Waals surface area contributed by atoms with Gasteiger partial charge < -0.3 is 4.57 Å². The second-order valence-electron chi connectivity index (χ2n) is 5.92. The first-order chi connectivity index (χ1) is 12.2. The van der Waals surface area contributed by atoms with E-state index in [2.05, 4.69) is 22.2 Å². The van der Waals surface area contributed by atoms with Gasteiger partial charge in [0, 0.05) is 12.6 Å². The van der Waals surface area contributed by atoms with Crippen LogP contribution in [-0.4, -0.2) is 19.3 Å². The molecule has 4 rings (SSSR count). The van der Waals surface area contributed by atoms with Gasteiger partial charge in [0.15, 0.2) is 0 Å². The summed E-state index contributed by atoms with van der Waals surface area (Å²) in [7, 11) is 1.98. The van der Waals surface area contributed by atoms with E-state index in [-0.39, 0.29) is 0 Å². The zero-order valence-corrected chi connectivity index (χ0v) is 14.8. The Hall–Kier alpha value is -2.85. The van der Waals surface area contributed by atoms with Crippen LogP contribution < -0.4 is 0 Å². The summed E-state index contributed by atoms with van der Waals surface area (Å²) in [6, 6.07) is 20.0. The van der Waals surface area contributed by atoms with Gasteiger partial charge in [0.1, 0.15) is 5.15 Å². The van der Waals surface area contributed by atoms with Crippen molar-refractivity contribution in [3.63, 3.8) is 0 Å². The number of imidazole rings is 1. The van der Waals surface area contributed by atoms with Crippen LogP contribution in [0.5, 0.6) is 0 Å². The van der Waals surface area contributed by atoms with Gasteiger partial charge >= 0.3 is 0 Å². The van der Waals surface area contributed by atoms with Crippen LogP contribution in [0, 0.1) is 6.92 Å². The standard InChI is InChI=1S/C20H17ClN4/c1-14-17(20(21)25(23-14)16-11-7-4-8-12-16)19-18(22-13-24(19)2)15-9-5-3-6-10-15/h3-13H,1-2H3. The molecule has 0 unspecified atom stereocenters. The quantitative estimate of drug-likeness (QED) is 0.527. The van der Waals surface area contributed by atoms with Gasteiger partial charge in [0.05, 0.1) is 34.7 Å². The molecule has 25 heavy (non-hydrogen) atoms. The first-order valence-electron chi connectivity index (χ1n) is 8.04. The third kappa shape index (κ3) is 2.65. The van der Waals surface area contributed by atoms with Crippen molar-refractivity contribution in [3.8, 4) is 28.2 Å². The highest BCUT2D eigenvalue weighted by Gasteiger charge is 2.22. The molecule has 2 aromatic carbocycles. The van der Waals surface area contributed by atoms with Crippen molar-refractivity contribution in [2.24, 2.45) is 7.05 Å². The van der Waals surface area contributed by atoms with Crippen molar-refractivity contribution in [1.29, 1.82) is 0 Å². The zero-order valence-electron chi connectivity index (χ0n) is 14.0. The van der Waals surface area contributed by atoms with Crippen LogP contribution in [0.2, 0.25) is 5.15 Å². The fraction of sp³-hybridized carbons (Fsp3) is 0.100. The van der Waals surface area contributed by atoms with Gasteiger partial charge in [-0.1, -0.05) is 60.1 Å². The van der Waals surface area contributed by atoms with E-state index in [0.29, 0.717) is 5.15 Å². The largest absolute Gasteiger partial charge is 0.333 e. The maximum atomic E-state index is 6.75. The predicted octanol–water partition coefficient (Wildman–Crippen LogP) is 4.90. The second-order valence-corrected chi connectivity index (χ2v) is 6.28. The fourth-order valence-corrected chi connectivity index (χ4v) is 3.40. The summed E-state index contributed by atoms with van der Waals surface area (Å²) in [5, 5.41) is 5.24. The van der Waals surface area contributed by atoms with Crippen molar-refractivity contribution in [2.75, 3.05) is 0 Å². The first kappa shape index (κ1) is 15.7. The molecule has 124 valence electrons. The van der Waals surface area contributed by atoms with E-state index < -0.39 is 0 Å². The number of benzene rings is 2. The summed E-state index contributed by atoms with van der Waals surface area (Å²) in [5.74, 6) is 0. The summed E-state index contributed by atoms with van der Waals surface area (Å²) in [4.78, 5) is 4.59. The average Bonchev–Trinajstić information content (AvgIpc) is 3.16. The highest BCUT2D eigenvalue weighted by molar-refractivity contribution is 6.32. The number of aryl methyl sites for hydroxylation is 2. The molecule has 0 atom stereocenters. The van der Waals surface area contributed by atoms with Gasteiger partial charge in [-0.3, -0.25) is 0 Å². The maximum Gasteiger partial charge on any atom is 0.142 e. The third-order valence-electron chi connectivity index (χ3n) is 4.23. The summed E-state index contributed by atoms with van der Waals surface area (Å²) >= 11 is 6.75. The van der Waals surface area contributed by atoms with Crippen LogP contribution >= 0.6 is 11.6 Å². The number of hydrogen-bond acceptors (Lipinski definition) is 2. The zero-order chi connectivity index (χ0) is 17.4. The van der Waals surface area contributed by atoms with Crippen LogP contribution in [-0.2, 0) is 7.05 Å². The number of rotatable bonds is 3. The lowest BCUT2D eigenvalue weighted by molar-refractivity contribution is 0.863. The van der Waals surface area contributed by atoms with Crippen LogP contribution in [0.15, 0.2) is 67.0 Å². The van der Waals surface area contributed by atoms with Crippen LogP contribution in [0.25, 0.3) is 28.2 Å². The summed E-state index contributed by atoms with van der Waals surface area (Å²) < 4.78 is 3.77. The number of halogens is 1. The first-order valence-corrected chi connectivity index (χ1v) is 8.42. The normalized spacial score (nSPS) is 11.0. The van der Waals surface area contributed by atoms with Crippen molar-refractivity contribution < 1.29 is 0 Å². The molecule has 4 nitrogen and oxygen atoms in total. The van der Waals surface area contributed by atoms with Crippen LogP contribution in [0.3, 0.4) is 0 Å². The van der Waals surface area contributed by atoms with Gasteiger partial charge in [-0.2, -0.15) is 5.10 Å². The predicted molar refractivity (Wildman–Crippen MR) is 101 cm³/mol. The molecule has 0 N–H and O–H groups in total. The number of nitrogens with zero attached hydrogens (tertiary/aromatic N) is 4. The highest BCUT2D eigenvalue weighted by atomic mass is 35.5. The number of para-hydroxylation sites is 1. The molecule has 0 aliphatic carbocycles. The Morgan fingerprint density at radius 3 is 2.24 bits per heavy atom. The molecule has 2 heterocycles. The second kappa shape index (κ2) is 6.22. The van der Waals surface area contributed by atoms with E-state index in [9.17, 15) is 0 Å². The minimum absolute atomic E-state index is 0.587. The third-order valence-corrected chi connectivity index (χ3v) is 4.57. The Morgan fingerprint density at radius 2 is 1.56 bits per heavy atom. The van der Waals surface area contributed by atoms with Gasteiger partial charge in [0.25, 0.3) is 0 Å². The summed E-state index contributed by atoms with van der Waals surface area (Å²) in [6.45, 7) is 1.97. The molecule has 4 aromatic rings. The molecule has 0 aliphatic rings. The van der Waals surface area contributed by atoms with E-state index in [4.69, 9.17) is 11.6 Å². The molecular formula is C20H17ClN4. The lowest BCUT2D eigenvalue weighted by Crippen LogP contribution is -1.96. The van der Waals surface area contributed by atoms with E-state index in [1.165, 1.54) is 0 Å². The lowest BCUT2D eigenvalue weighted by Gasteiger charge is -2.07. The highest BCUT2D eigenvalue weighted by Crippen LogP contribution is 2.38. The molecule has 0 amide bonds. The molecule has 0 spiro atoms. The Balaban J connectivity index is 1.93. The number of hydrogen-bond donors (Lipinski definition) is 0. The SMILES string of the molecule is Cc1nn(-c2ccccc2)c(Cl)c1-c1c(-c2ccccc2)ncn1C. The van der Waals surface area contributed by atoms with Crippen LogP contribution in [0.1, 0.15) is 5.69 Å². The number of aromatic nitrogens is 4. The molecule has 0 aliphatic heterocycles. The van der Waals surface area contributed by atoms with Crippen LogP contribution in [0.4, 0.5) is 0 Å². The Labute approximate surface area is 151 Å². The Kier molecular flexibility index (Phi) is 3.90. The van der Waals surface area contributed by atoms with Crippen molar-refractivity contribution >= 4 is 11.6 Å². The minimum Gasteiger partial charge on any atom is -0.333 e. The van der Waals surface area contributed by atoms with Gasteiger partial charge in [-0.15, -0.1) is 0 Å². The van der Waals surface area contributed by atoms with Crippen molar-refractivity contribution in [3.05, 3.63) is 77.8 Å². The lowest BCUT2D eigenvalue weighted by atomic mass is 10.1.